The molecule has 0 bridgehead atoms. The second kappa shape index (κ2) is 4.31. The van der Waals surface area contributed by atoms with Crippen LogP contribution < -0.4 is 5.73 Å². The van der Waals surface area contributed by atoms with Gasteiger partial charge in [-0.05, 0) is 37.0 Å². The van der Waals surface area contributed by atoms with Crippen LogP contribution in [0.15, 0.2) is 24.3 Å². The summed E-state index contributed by atoms with van der Waals surface area (Å²) in [6.45, 7) is 1.89. The van der Waals surface area contributed by atoms with Gasteiger partial charge in [-0.25, -0.2) is 4.39 Å². The molecule has 2 nitrogen and oxygen atoms in total. The van der Waals surface area contributed by atoms with Gasteiger partial charge in [0.15, 0.2) is 0 Å². The van der Waals surface area contributed by atoms with E-state index >= 15 is 0 Å². The zero-order valence-electron chi connectivity index (χ0n) is 9.78. The van der Waals surface area contributed by atoms with E-state index in [1.54, 1.807) is 6.07 Å². The van der Waals surface area contributed by atoms with Crippen molar-refractivity contribution in [2.75, 3.05) is 0 Å². The first-order valence-corrected chi connectivity index (χ1v) is 5.73. The Morgan fingerprint density at radius 3 is 2.82 bits per heavy atom. The molecule has 0 radical (unpaired) electrons. The van der Waals surface area contributed by atoms with Crippen LogP contribution in [0.1, 0.15) is 36.8 Å². The lowest BCUT2D eigenvalue weighted by Crippen LogP contribution is -2.52. The number of hydrogen-bond acceptors (Lipinski definition) is 2. The molecule has 1 saturated carbocycles. The number of halogens is 1. The van der Waals surface area contributed by atoms with Crippen molar-refractivity contribution >= 4 is 6.08 Å². The predicted octanol–water partition coefficient (Wildman–Crippen LogP) is 2.96. The van der Waals surface area contributed by atoms with Crippen molar-refractivity contribution in [2.45, 2.75) is 31.2 Å². The fourth-order valence-corrected chi connectivity index (χ4v) is 2.29. The van der Waals surface area contributed by atoms with Crippen LogP contribution in [0.3, 0.4) is 0 Å². The van der Waals surface area contributed by atoms with E-state index in [2.05, 4.69) is 6.07 Å². The van der Waals surface area contributed by atoms with E-state index in [1.165, 1.54) is 6.07 Å². The van der Waals surface area contributed by atoms with E-state index in [1.807, 2.05) is 25.1 Å². The van der Waals surface area contributed by atoms with Gasteiger partial charge in [0, 0.05) is 5.92 Å². The smallest absolute Gasteiger partial charge is 0.127 e. The molecule has 17 heavy (non-hydrogen) atoms. The zero-order valence-corrected chi connectivity index (χ0v) is 9.78. The molecule has 0 spiro atoms. The number of nitrogens with two attached hydrogens (primary N) is 1. The zero-order chi connectivity index (χ0) is 12.5. The molecule has 2 rings (SSSR count). The number of hydrogen-bond donors (Lipinski definition) is 1. The monoisotopic (exact) mass is 230 g/mol. The Morgan fingerprint density at radius 1 is 1.59 bits per heavy atom. The quantitative estimate of drug-likeness (QED) is 0.849. The summed E-state index contributed by atoms with van der Waals surface area (Å²) in [4.78, 5) is 0. The Balaban J connectivity index is 2.32. The highest BCUT2D eigenvalue weighted by atomic mass is 19.1. The number of allylic oxidation sites excluding steroid dienone is 1. The SMILES string of the molecule is C/C=C/c1ccc(C2CC[C@]2(N)C#N)c(F)c1. The van der Waals surface area contributed by atoms with Crippen LogP contribution in [0.2, 0.25) is 0 Å². The highest BCUT2D eigenvalue weighted by Gasteiger charge is 2.45. The molecule has 88 valence electrons. The maximum Gasteiger partial charge on any atom is 0.127 e. The third-order valence-electron chi connectivity index (χ3n) is 3.44. The molecule has 1 fully saturated rings. The van der Waals surface area contributed by atoms with Crippen molar-refractivity contribution in [2.24, 2.45) is 5.73 Å². The van der Waals surface area contributed by atoms with Crippen molar-refractivity contribution in [3.63, 3.8) is 0 Å². The van der Waals surface area contributed by atoms with Crippen molar-refractivity contribution < 1.29 is 4.39 Å². The Bertz CT molecular complexity index is 501. The van der Waals surface area contributed by atoms with Gasteiger partial charge in [0.1, 0.15) is 11.4 Å². The first-order valence-electron chi connectivity index (χ1n) is 5.73. The summed E-state index contributed by atoms with van der Waals surface area (Å²) in [7, 11) is 0. The first-order chi connectivity index (χ1) is 8.10. The normalized spacial score (nSPS) is 27.8. The average molecular weight is 230 g/mol. The minimum absolute atomic E-state index is 0.174. The Labute approximate surface area is 101 Å². The van der Waals surface area contributed by atoms with Crippen molar-refractivity contribution in [1.82, 2.24) is 0 Å². The molecule has 1 unspecified atom stereocenters. The Morgan fingerprint density at radius 2 is 2.35 bits per heavy atom. The molecule has 3 heteroatoms. The molecule has 2 atom stereocenters. The summed E-state index contributed by atoms with van der Waals surface area (Å²) in [6.07, 6.45) is 5.13. The molecule has 1 aromatic carbocycles. The van der Waals surface area contributed by atoms with Gasteiger partial charge in [-0.1, -0.05) is 24.3 Å². The molecule has 2 N–H and O–H groups in total. The minimum atomic E-state index is -0.886. The van der Waals surface area contributed by atoms with E-state index in [0.29, 0.717) is 12.0 Å². The molecule has 0 aliphatic heterocycles. The van der Waals surface area contributed by atoms with Crippen LogP contribution in [0.4, 0.5) is 4.39 Å². The van der Waals surface area contributed by atoms with Gasteiger partial charge in [-0.3, -0.25) is 0 Å². The number of nitrogens with zero attached hydrogens (tertiary/aromatic N) is 1. The molecular formula is C14H15FN2. The van der Waals surface area contributed by atoms with Crippen molar-refractivity contribution in [1.29, 1.82) is 5.26 Å². The summed E-state index contributed by atoms with van der Waals surface area (Å²) in [5, 5.41) is 9.00. The van der Waals surface area contributed by atoms with Crippen molar-refractivity contribution in [3.8, 4) is 6.07 Å². The third-order valence-corrected chi connectivity index (χ3v) is 3.44. The minimum Gasteiger partial charge on any atom is -0.313 e. The van der Waals surface area contributed by atoms with Crippen LogP contribution in [-0.4, -0.2) is 5.54 Å². The molecular weight excluding hydrogens is 215 g/mol. The maximum atomic E-state index is 13.9. The molecule has 0 aromatic heterocycles. The Kier molecular flexibility index (Phi) is 2.99. The largest absolute Gasteiger partial charge is 0.313 e. The highest BCUT2D eigenvalue weighted by molar-refractivity contribution is 5.50. The second-order valence-electron chi connectivity index (χ2n) is 4.52. The summed E-state index contributed by atoms with van der Waals surface area (Å²) < 4.78 is 13.9. The fraction of sp³-hybridized carbons (Fsp3) is 0.357. The second-order valence-corrected chi connectivity index (χ2v) is 4.52. The van der Waals surface area contributed by atoms with E-state index in [9.17, 15) is 4.39 Å². The highest BCUT2D eigenvalue weighted by Crippen LogP contribution is 2.44. The number of rotatable bonds is 2. The molecule has 1 aliphatic rings. The molecule has 0 amide bonds. The number of nitriles is 1. The lowest BCUT2D eigenvalue weighted by atomic mass is 9.65. The molecule has 1 aliphatic carbocycles. The summed E-state index contributed by atoms with van der Waals surface area (Å²) in [6, 6.07) is 7.18. The third kappa shape index (κ3) is 1.96. The van der Waals surface area contributed by atoms with Crippen LogP contribution in [0, 0.1) is 17.1 Å². The van der Waals surface area contributed by atoms with Crippen molar-refractivity contribution in [3.05, 3.63) is 41.2 Å². The maximum absolute atomic E-state index is 13.9. The van der Waals surface area contributed by atoms with Gasteiger partial charge < -0.3 is 5.73 Å². The molecule has 0 heterocycles. The summed E-state index contributed by atoms with van der Waals surface area (Å²) >= 11 is 0. The van der Waals surface area contributed by atoms with Crippen LogP contribution in [0.5, 0.6) is 0 Å². The first kappa shape index (κ1) is 11.8. The Hall–Kier alpha value is -1.66. The topological polar surface area (TPSA) is 49.8 Å². The van der Waals surface area contributed by atoms with E-state index < -0.39 is 5.54 Å². The average Bonchev–Trinajstić information content (AvgIpc) is 2.30. The van der Waals surface area contributed by atoms with E-state index in [4.69, 9.17) is 11.0 Å². The van der Waals surface area contributed by atoms with Gasteiger partial charge >= 0.3 is 0 Å². The van der Waals surface area contributed by atoms with E-state index in [0.717, 1.165) is 12.0 Å². The fourth-order valence-electron chi connectivity index (χ4n) is 2.29. The van der Waals surface area contributed by atoms with Gasteiger partial charge in [0.2, 0.25) is 0 Å². The van der Waals surface area contributed by atoms with Gasteiger partial charge in [-0.15, -0.1) is 0 Å². The predicted molar refractivity (Wildman–Crippen MR) is 65.6 cm³/mol. The van der Waals surface area contributed by atoms with Crippen LogP contribution in [-0.2, 0) is 0 Å². The van der Waals surface area contributed by atoms with Crippen LogP contribution >= 0.6 is 0 Å². The number of benzene rings is 1. The van der Waals surface area contributed by atoms with Gasteiger partial charge in [-0.2, -0.15) is 5.26 Å². The molecule has 1 aromatic rings. The lowest BCUT2D eigenvalue weighted by molar-refractivity contribution is 0.259. The van der Waals surface area contributed by atoms with Gasteiger partial charge in [0.05, 0.1) is 6.07 Å². The summed E-state index contributed by atoms with van der Waals surface area (Å²) in [5.41, 5.74) is 6.41. The lowest BCUT2D eigenvalue weighted by Gasteiger charge is -2.41. The summed E-state index contributed by atoms with van der Waals surface area (Å²) in [5.74, 6) is -0.442. The van der Waals surface area contributed by atoms with E-state index in [-0.39, 0.29) is 11.7 Å². The van der Waals surface area contributed by atoms with Crippen LogP contribution in [0.25, 0.3) is 6.08 Å². The molecule has 0 saturated heterocycles. The standard InChI is InChI=1S/C14H15FN2/c1-2-3-10-4-5-11(13(15)8-10)12-6-7-14(12,17)9-16/h2-5,8,12H,6-7,17H2,1H3/b3-2+/t12?,14-/m0/s1. The van der Waals surface area contributed by atoms with Gasteiger partial charge in [0.25, 0.3) is 0 Å².